The second kappa shape index (κ2) is 11.7. The Morgan fingerprint density at radius 2 is 1.66 bits per heavy atom. The molecule has 6 heteroatoms. The first-order valence-electron chi connectivity index (χ1n) is 13.8. The first kappa shape index (κ1) is 25.8. The van der Waals surface area contributed by atoms with Crippen molar-refractivity contribution in [2.24, 2.45) is 5.92 Å². The summed E-state index contributed by atoms with van der Waals surface area (Å²) in [5.41, 5.74) is 5.04. The third-order valence-electron chi connectivity index (χ3n) is 7.84. The average molecular weight is 513 g/mol. The van der Waals surface area contributed by atoms with Gasteiger partial charge in [0.15, 0.2) is 0 Å². The Balaban J connectivity index is 1.32. The van der Waals surface area contributed by atoms with E-state index in [0.29, 0.717) is 18.4 Å². The van der Waals surface area contributed by atoms with E-state index < -0.39 is 5.97 Å². The fourth-order valence-corrected chi connectivity index (χ4v) is 5.80. The molecule has 1 saturated carbocycles. The fourth-order valence-electron chi connectivity index (χ4n) is 5.80. The van der Waals surface area contributed by atoms with Crippen LogP contribution in [0.4, 0.5) is 16.2 Å². The zero-order chi connectivity index (χ0) is 26.5. The van der Waals surface area contributed by atoms with Gasteiger partial charge in [0.2, 0.25) is 0 Å². The van der Waals surface area contributed by atoms with E-state index in [-0.39, 0.29) is 18.6 Å². The zero-order valence-electron chi connectivity index (χ0n) is 21.9. The van der Waals surface area contributed by atoms with Crippen molar-refractivity contribution in [2.75, 3.05) is 16.8 Å². The van der Waals surface area contributed by atoms with Gasteiger partial charge in [0, 0.05) is 12.1 Å². The lowest BCUT2D eigenvalue weighted by Crippen LogP contribution is -2.45. The maximum absolute atomic E-state index is 13.2. The maximum atomic E-state index is 13.2. The van der Waals surface area contributed by atoms with Crippen LogP contribution < -0.4 is 15.0 Å². The normalized spacial score (nSPS) is 20.8. The molecule has 1 heterocycles. The molecule has 0 aromatic heterocycles. The smallest absolute Gasteiger partial charge is 0.326 e. The zero-order valence-corrected chi connectivity index (χ0v) is 21.9. The molecule has 198 valence electrons. The lowest BCUT2D eigenvalue weighted by molar-refractivity contribution is -0.138. The van der Waals surface area contributed by atoms with Crippen molar-refractivity contribution in [3.05, 3.63) is 78.4 Å². The number of hydrogen-bond donors (Lipinski definition) is 2. The highest BCUT2D eigenvalue weighted by molar-refractivity contribution is 6.03. The van der Waals surface area contributed by atoms with Crippen molar-refractivity contribution in [3.8, 4) is 16.9 Å². The number of nitrogens with zero attached hydrogens (tertiary/aromatic N) is 1. The van der Waals surface area contributed by atoms with E-state index >= 15 is 0 Å². The van der Waals surface area contributed by atoms with E-state index in [4.69, 9.17) is 9.84 Å². The number of carboxylic acids is 1. The average Bonchev–Trinajstić information content (AvgIpc) is 2.93. The van der Waals surface area contributed by atoms with E-state index in [1.807, 2.05) is 42.5 Å². The van der Waals surface area contributed by atoms with E-state index in [9.17, 15) is 9.59 Å². The minimum atomic E-state index is -0.687. The summed E-state index contributed by atoms with van der Waals surface area (Å²) in [4.78, 5) is 26.0. The van der Waals surface area contributed by atoms with Crippen LogP contribution in [0.2, 0.25) is 0 Å². The SMILES string of the molecule is CCCC1CN(C(=O)Nc2ccccc2)c2ccc(-c3ccc([C@H]4CC[C@H](CC(=O)O)CC4)cc3)cc2O1. The van der Waals surface area contributed by atoms with Crippen LogP contribution in [0, 0.1) is 5.92 Å². The molecule has 3 aromatic rings. The molecule has 0 radical (unpaired) electrons. The summed E-state index contributed by atoms with van der Waals surface area (Å²) in [6.07, 6.45) is 6.14. The van der Waals surface area contributed by atoms with Gasteiger partial charge in [-0.3, -0.25) is 9.69 Å². The molecule has 0 saturated heterocycles. The highest BCUT2D eigenvalue weighted by Gasteiger charge is 2.30. The summed E-state index contributed by atoms with van der Waals surface area (Å²) in [5.74, 6) is 0.848. The van der Waals surface area contributed by atoms with Crippen LogP contribution in [0.5, 0.6) is 5.75 Å². The van der Waals surface area contributed by atoms with Gasteiger partial charge in [-0.1, -0.05) is 61.9 Å². The summed E-state index contributed by atoms with van der Waals surface area (Å²) in [5, 5.41) is 12.1. The van der Waals surface area contributed by atoms with Gasteiger partial charge < -0.3 is 15.2 Å². The van der Waals surface area contributed by atoms with Crippen LogP contribution in [0.25, 0.3) is 11.1 Å². The quantitative estimate of drug-likeness (QED) is 0.340. The number of rotatable bonds is 7. The van der Waals surface area contributed by atoms with Gasteiger partial charge in [-0.05, 0) is 84.9 Å². The summed E-state index contributed by atoms with van der Waals surface area (Å²) in [6, 6.07) is 24.2. The van der Waals surface area contributed by atoms with E-state index in [0.717, 1.165) is 66.8 Å². The molecule has 1 aliphatic carbocycles. The van der Waals surface area contributed by atoms with Crippen LogP contribution in [0.1, 0.15) is 63.4 Å². The predicted molar refractivity (Wildman–Crippen MR) is 151 cm³/mol. The number of hydrogen-bond acceptors (Lipinski definition) is 3. The van der Waals surface area contributed by atoms with E-state index in [1.165, 1.54) is 5.56 Å². The number of para-hydroxylation sites is 1. The number of aliphatic carboxylic acids is 1. The topological polar surface area (TPSA) is 78.9 Å². The van der Waals surface area contributed by atoms with Gasteiger partial charge in [-0.15, -0.1) is 0 Å². The number of carbonyl (C=O) groups excluding carboxylic acids is 1. The Bertz CT molecular complexity index is 1250. The second-order valence-electron chi connectivity index (χ2n) is 10.6. The lowest BCUT2D eigenvalue weighted by atomic mass is 9.77. The predicted octanol–water partition coefficient (Wildman–Crippen LogP) is 7.70. The molecule has 5 rings (SSSR count). The van der Waals surface area contributed by atoms with Crippen molar-refractivity contribution in [3.63, 3.8) is 0 Å². The van der Waals surface area contributed by atoms with Crippen molar-refractivity contribution in [1.29, 1.82) is 0 Å². The largest absolute Gasteiger partial charge is 0.486 e. The number of urea groups is 1. The van der Waals surface area contributed by atoms with Crippen LogP contribution in [-0.2, 0) is 4.79 Å². The Morgan fingerprint density at radius 1 is 0.947 bits per heavy atom. The standard InChI is InChI=1S/C32H36N2O4/c1-2-6-28-21-34(32(37)33-27-7-4-3-5-8-27)29-18-17-26(20-30(29)38-28)25-15-13-24(14-16-25)23-11-9-22(10-12-23)19-31(35)36/h3-5,7-8,13-18,20,22-23,28H,2,6,9-12,19,21H2,1H3,(H,33,37)(H,35,36)/t22-,23-,28?. The highest BCUT2D eigenvalue weighted by atomic mass is 16.5. The molecular formula is C32H36N2O4. The molecule has 0 spiro atoms. The molecule has 2 amide bonds. The third-order valence-corrected chi connectivity index (χ3v) is 7.84. The Kier molecular flexibility index (Phi) is 7.97. The number of amides is 2. The molecular weight excluding hydrogens is 476 g/mol. The molecule has 38 heavy (non-hydrogen) atoms. The minimum absolute atomic E-state index is 0.0529. The van der Waals surface area contributed by atoms with Gasteiger partial charge in [0.05, 0.1) is 12.2 Å². The molecule has 2 N–H and O–H groups in total. The monoisotopic (exact) mass is 512 g/mol. The molecule has 1 unspecified atom stereocenters. The molecule has 2 aliphatic rings. The van der Waals surface area contributed by atoms with Crippen molar-refractivity contribution >= 4 is 23.4 Å². The Labute approximate surface area is 224 Å². The summed E-state index contributed by atoms with van der Waals surface area (Å²) in [6.45, 7) is 2.64. The lowest BCUT2D eigenvalue weighted by Gasteiger charge is -2.35. The van der Waals surface area contributed by atoms with Crippen LogP contribution in [-0.4, -0.2) is 29.8 Å². The fraction of sp³-hybridized carbons (Fsp3) is 0.375. The summed E-state index contributed by atoms with van der Waals surface area (Å²) >= 11 is 0. The number of ether oxygens (including phenoxy) is 1. The number of anilines is 2. The first-order valence-corrected chi connectivity index (χ1v) is 13.8. The molecule has 1 aliphatic heterocycles. The Hall–Kier alpha value is -3.80. The van der Waals surface area contributed by atoms with Crippen LogP contribution in [0.3, 0.4) is 0 Å². The summed E-state index contributed by atoms with van der Waals surface area (Å²) in [7, 11) is 0. The van der Waals surface area contributed by atoms with Crippen molar-refractivity contribution < 1.29 is 19.4 Å². The van der Waals surface area contributed by atoms with Gasteiger partial charge >= 0.3 is 12.0 Å². The van der Waals surface area contributed by atoms with Gasteiger partial charge in [0.1, 0.15) is 11.9 Å². The molecule has 1 atom stereocenters. The number of fused-ring (bicyclic) bond motifs is 1. The van der Waals surface area contributed by atoms with E-state index in [2.05, 4.69) is 42.6 Å². The second-order valence-corrected chi connectivity index (χ2v) is 10.6. The number of benzene rings is 3. The molecule has 3 aromatic carbocycles. The van der Waals surface area contributed by atoms with Crippen LogP contribution >= 0.6 is 0 Å². The molecule has 6 nitrogen and oxygen atoms in total. The summed E-state index contributed by atoms with van der Waals surface area (Å²) < 4.78 is 6.36. The number of carbonyl (C=O) groups is 2. The van der Waals surface area contributed by atoms with Gasteiger partial charge in [-0.25, -0.2) is 4.79 Å². The van der Waals surface area contributed by atoms with Gasteiger partial charge in [0.25, 0.3) is 0 Å². The molecule has 0 bridgehead atoms. The minimum Gasteiger partial charge on any atom is -0.486 e. The van der Waals surface area contributed by atoms with Crippen molar-refractivity contribution in [1.82, 2.24) is 0 Å². The third kappa shape index (κ3) is 6.01. The van der Waals surface area contributed by atoms with Gasteiger partial charge in [-0.2, -0.15) is 0 Å². The number of nitrogens with one attached hydrogen (secondary N) is 1. The van der Waals surface area contributed by atoms with Crippen LogP contribution in [0.15, 0.2) is 72.8 Å². The Morgan fingerprint density at radius 3 is 2.34 bits per heavy atom. The first-order chi connectivity index (χ1) is 18.5. The molecule has 1 fully saturated rings. The maximum Gasteiger partial charge on any atom is 0.326 e. The van der Waals surface area contributed by atoms with Crippen molar-refractivity contribution in [2.45, 2.75) is 63.9 Å². The number of carboxylic acid groups (broad SMARTS) is 1. The van der Waals surface area contributed by atoms with E-state index in [1.54, 1.807) is 4.90 Å². The highest BCUT2D eigenvalue weighted by Crippen LogP contribution is 2.40.